The maximum absolute atomic E-state index is 14.6. The number of halogens is 4. The van der Waals surface area contributed by atoms with Crippen LogP contribution in [0.2, 0.25) is 0 Å². The van der Waals surface area contributed by atoms with E-state index in [2.05, 4.69) is 11.9 Å². The Balaban J connectivity index is 2.07. The van der Waals surface area contributed by atoms with Gasteiger partial charge in [-0.25, -0.2) is 17.6 Å². The Kier molecular flexibility index (Phi) is 5.30. The van der Waals surface area contributed by atoms with Crippen LogP contribution in [0.25, 0.3) is 11.3 Å². The van der Waals surface area contributed by atoms with Crippen molar-refractivity contribution in [3.8, 4) is 5.75 Å². The molecule has 1 aliphatic rings. The second kappa shape index (κ2) is 7.64. The fourth-order valence-corrected chi connectivity index (χ4v) is 2.89. The lowest BCUT2D eigenvalue weighted by Gasteiger charge is -2.25. The highest BCUT2D eigenvalue weighted by Crippen LogP contribution is 2.36. The molecule has 1 aliphatic heterocycles. The quantitative estimate of drug-likeness (QED) is 0.721. The third kappa shape index (κ3) is 3.90. The average Bonchev–Trinajstić information content (AvgIpc) is 2.60. The fraction of sp³-hybridized carbons (Fsp3) is 0.200. The molecule has 26 heavy (non-hydrogen) atoms. The first-order valence-corrected chi connectivity index (χ1v) is 8.09. The number of hydrogen-bond acceptors (Lipinski definition) is 2. The zero-order chi connectivity index (χ0) is 18.7. The third-order valence-electron chi connectivity index (χ3n) is 4.04. The topological polar surface area (TPSA) is 21.3 Å². The first-order valence-electron chi connectivity index (χ1n) is 8.09. The van der Waals surface area contributed by atoms with E-state index < -0.39 is 24.7 Å². The van der Waals surface area contributed by atoms with Gasteiger partial charge in [0.2, 0.25) is 0 Å². The van der Waals surface area contributed by atoms with Crippen LogP contribution in [0.1, 0.15) is 24.0 Å². The number of benzene rings is 2. The Hall–Kier alpha value is -2.76. The molecule has 0 atom stereocenters. The number of rotatable bonds is 5. The van der Waals surface area contributed by atoms with Crippen LogP contribution in [0.4, 0.5) is 17.6 Å². The van der Waals surface area contributed by atoms with Gasteiger partial charge in [-0.3, -0.25) is 0 Å². The van der Waals surface area contributed by atoms with E-state index >= 15 is 0 Å². The Morgan fingerprint density at radius 2 is 1.69 bits per heavy atom. The van der Waals surface area contributed by atoms with Crippen molar-refractivity contribution in [3.05, 3.63) is 77.5 Å². The van der Waals surface area contributed by atoms with Crippen LogP contribution in [-0.4, -0.2) is 13.0 Å². The molecule has 2 aromatic carbocycles. The molecule has 0 saturated carbocycles. The van der Waals surface area contributed by atoms with Crippen molar-refractivity contribution in [2.75, 3.05) is 6.61 Å². The lowest BCUT2D eigenvalue weighted by Crippen LogP contribution is -2.20. The summed E-state index contributed by atoms with van der Waals surface area (Å²) in [4.78, 5) is 0. The van der Waals surface area contributed by atoms with Crippen molar-refractivity contribution < 1.29 is 22.3 Å². The summed E-state index contributed by atoms with van der Waals surface area (Å²) in [5.41, 5.74) is 2.30. The molecule has 2 nitrogen and oxygen atoms in total. The summed E-state index contributed by atoms with van der Waals surface area (Å²) in [7, 11) is 0. The third-order valence-corrected chi connectivity index (χ3v) is 4.04. The highest BCUT2D eigenvalue weighted by Gasteiger charge is 2.24. The predicted octanol–water partition coefficient (Wildman–Crippen LogP) is 5.37. The van der Waals surface area contributed by atoms with Gasteiger partial charge in [-0.1, -0.05) is 36.9 Å². The molecule has 0 saturated heterocycles. The Labute approximate surface area is 148 Å². The molecule has 2 aromatic rings. The molecule has 0 fully saturated rings. The molecule has 0 amide bonds. The van der Waals surface area contributed by atoms with E-state index in [1.807, 2.05) is 30.3 Å². The number of allylic oxidation sites excluding steroid dienone is 2. The molecule has 0 radical (unpaired) electrons. The summed E-state index contributed by atoms with van der Waals surface area (Å²) in [6.07, 6.45) is -1.50. The minimum Gasteiger partial charge on any atom is -0.487 e. The molecule has 0 unspecified atom stereocenters. The van der Waals surface area contributed by atoms with Gasteiger partial charge in [0, 0.05) is 17.8 Å². The van der Waals surface area contributed by atoms with E-state index in [1.54, 1.807) is 0 Å². The lowest BCUT2D eigenvalue weighted by atomic mass is 9.91. The molecule has 0 spiro atoms. The van der Waals surface area contributed by atoms with Gasteiger partial charge in [0.15, 0.2) is 0 Å². The Bertz CT molecular complexity index is 823. The SMILES string of the molecule is C=C1CCC(c2ccccc2)=C(c2c(F)cc(OCC(F)F)cc2F)N1. The summed E-state index contributed by atoms with van der Waals surface area (Å²) < 4.78 is 58.4. The highest BCUT2D eigenvalue weighted by molar-refractivity contribution is 5.92. The molecule has 1 N–H and O–H groups in total. The van der Waals surface area contributed by atoms with E-state index in [0.29, 0.717) is 24.2 Å². The number of alkyl halides is 2. The minimum absolute atomic E-state index is 0.255. The van der Waals surface area contributed by atoms with Crippen LogP contribution in [0.5, 0.6) is 5.75 Å². The monoisotopic (exact) mass is 363 g/mol. The second-order valence-corrected chi connectivity index (χ2v) is 5.91. The van der Waals surface area contributed by atoms with Crippen LogP contribution >= 0.6 is 0 Å². The molecule has 0 aromatic heterocycles. The summed E-state index contributed by atoms with van der Waals surface area (Å²) in [5, 5.41) is 2.98. The van der Waals surface area contributed by atoms with Gasteiger partial charge in [-0.15, -0.1) is 0 Å². The van der Waals surface area contributed by atoms with Gasteiger partial charge in [-0.2, -0.15) is 0 Å². The molecule has 0 aliphatic carbocycles. The van der Waals surface area contributed by atoms with E-state index in [1.165, 1.54) is 0 Å². The molecule has 1 heterocycles. The maximum atomic E-state index is 14.6. The Morgan fingerprint density at radius 3 is 2.31 bits per heavy atom. The summed E-state index contributed by atoms with van der Waals surface area (Å²) >= 11 is 0. The summed E-state index contributed by atoms with van der Waals surface area (Å²) in [5.74, 6) is -2.06. The summed E-state index contributed by atoms with van der Waals surface area (Å²) in [6.45, 7) is 2.92. The van der Waals surface area contributed by atoms with Crippen LogP contribution in [0.15, 0.2) is 54.7 Å². The predicted molar refractivity (Wildman–Crippen MR) is 92.6 cm³/mol. The standard InChI is InChI=1S/C20H17F4NO/c1-12-7-8-15(13-5-3-2-4-6-13)20(25-12)19-16(21)9-14(10-17(19)22)26-11-18(23)24/h2-6,9-10,18,25H,1,7-8,11H2. The van der Waals surface area contributed by atoms with Gasteiger partial charge in [-0.05, 0) is 24.0 Å². The van der Waals surface area contributed by atoms with Gasteiger partial charge < -0.3 is 10.1 Å². The van der Waals surface area contributed by atoms with E-state index in [0.717, 1.165) is 23.3 Å². The van der Waals surface area contributed by atoms with E-state index in [9.17, 15) is 17.6 Å². The van der Waals surface area contributed by atoms with E-state index in [4.69, 9.17) is 4.74 Å². The zero-order valence-corrected chi connectivity index (χ0v) is 13.9. The number of nitrogens with one attached hydrogen (secondary N) is 1. The van der Waals surface area contributed by atoms with Crippen molar-refractivity contribution in [1.29, 1.82) is 0 Å². The van der Waals surface area contributed by atoms with Gasteiger partial charge in [0.1, 0.15) is 24.0 Å². The fourth-order valence-electron chi connectivity index (χ4n) is 2.89. The smallest absolute Gasteiger partial charge is 0.272 e. The molecule has 136 valence electrons. The lowest BCUT2D eigenvalue weighted by molar-refractivity contribution is 0.0815. The van der Waals surface area contributed by atoms with Gasteiger partial charge >= 0.3 is 0 Å². The van der Waals surface area contributed by atoms with Gasteiger partial charge in [0.05, 0.1) is 11.3 Å². The number of ether oxygens (including phenoxy) is 1. The normalized spacial score (nSPS) is 14.6. The van der Waals surface area contributed by atoms with Crippen molar-refractivity contribution in [2.24, 2.45) is 0 Å². The molecular formula is C20H17F4NO. The molecule has 0 bridgehead atoms. The average molecular weight is 363 g/mol. The first kappa shape index (κ1) is 18.0. The largest absolute Gasteiger partial charge is 0.487 e. The zero-order valence-electron chi connectivity index (χ0n) is 13.9. The van der Waals surface area contributed by atoms with Crippen molar-refractivity contribution in [3.63, 3.8) is 0 Å². The van der Waals surface area contributed by atoms with Crippen LogP contribution in [0.3, 0.4) is 0 Å². The molecule has 6 heteroatoms. The second-order valence-electron chi connectivity index (χ2n) is 5.91. The minimum atomic E-state index is -2.73. The number of hydrogen-bond donors (Lipinski definition) is 1. The summed E-state index contributed by atoms with van der Waals surface area (Å²) in [6, 6.07) is 11.1. The van der Waals surface area contributed by atoms with Gasteiger partial charge in [0.25, 0.3) is 6.43 Å². The van der Waals surface area contributed by atoms with E-state index in [-0.39, 0.29) is 11.3 Å². The highest BCUT2D eigenvalue weighted by atomic mass is 19.3. The van der Waals surface area contributed by atoms with Crippen LogP contribution in [0, 0.1) is 11.6 Å². The van der Waals surface area contributed by atoms with Crippen molar-refractivity contribution >= 4 is 11.3 Å². The first-order chi connectivity index (χ1) is 12.5. The van der Waals surface area contributed by atoms with Crippen LogP contribution < -0.4 is 10.1 Å². The van der Waals surface area contributed by atoms with Crippen molar-refractivity contribution in [2.45, 2.75) is 19.3 Å². The maximum Gasteiger partial charge on any atom is 0.272 e. The Morgan fingerprint density at radius 1 is 1.04 bits per heavy atom. The molecule has 3 rings (SSSR count). The van der Waals surface area contributed by atoms with Crippen LogP contribution in [-0.2, 0) is 0 Å². The van der Waals surface area contributed by atoms with Crippen molar-refractivity contribution in [1.82, 2.24) is 5.32 Å². The molecular weight excluding hydrogens is 346 g/mol.